The molecule has 0 aliphatic heterocycles. The fourth-order valence-corrected chi connectivity index (χ4v) is 3.72. The zero-order valence-electron chi connectivity index (χ0n) is 16.2. The molecule has 1 aromatic rings. The summed E-state index contributed by atoms with van der Waals surface area (Å²) in [6.45, 7) is 20.0. The molecule has 0 unspecified atom stereocenters. The van der Waals surface area contributed by atoms with Crippen LogP contribution in [0.2, 0.25) is 0 Å². The van der Waals surface area contributed by atoms with Crippen molar-refractivity contribution in [3.05, 3.63) is 40.0 Å². The van der Waals surface area contributed by atoms with Crippen LogP contribution in [0.15, 0.2) is 17.7 Å². The van der Waals surface area contributed by atoms with Gasteiger partial charge in [-0.2, -0.15) is 0 Å². The van der Waals surface area contributed by atoms with Crippen molar-refractivity contribution in [1.29, 1.82) is 0 Å². The second kappa shape index (κ2) is 6.78. The number of allylic oxidation sites excluding steroid dienone is 1. The van der Waals surface area contributed by atoms with Gasteiger partial charge in [-0.15, -0.1) is 0 Å². The van der Waals surface area contributed by atoms with E-state index in [2.05, 4.69) is 78.2 Å². The van der Waals surface area contributed by atoms with Gasteiger partial charge in [0, 0.05) is 30.6 Å². The van der Waals surface area contributed by atoms with Gasteiger partial charge in [-0.3, -0.25) is 0 Å². The Bertz CT molecular complexity index is 597. The van der Waals surface area contributed by atoms with Crippen molar-refractivity contribution >= 4 is 5.57 Å². The van der Waals surface area contributed by atoms with E-state index in [1.54, 1.807) is 0 Å². The van der Waals surface area contributed by atoms with Crippen molar-refractivity contribution in [2.24, 2.45) is 0 Å². The average Bonchev–Trinajstić information content (AvgIpc) is 2.69. The van der Waals surface area contributed by atoms with E-state index in [1.807, 2.05) is 0 Å². The van der Waals surface area contributed by atoms with E-state index in [4.69, 9.17) is 0 Å². The Kier molecular flexibility index (Phi) is 5.37. The van der Waals surface area contributed by atoms with Gasteiger partial charge in [0.15, 0.2) is 0 Å². The van der Waals surface area contributed by atoms with E-state index in [9.17, 15) is 0 Å². The summed E-state index contributed by atoms with van der Waals surface area (Å²) in [6, 6.07) is 5.64. The molecule has 2 N–H and O–H groups in total. The third kappa shape index (κ3) is 3.25. The van der Waals surface area contributed by atoms with Crippen LogP contribution in [0.25, 0.3) is 5.57 Å². The van der Waals surface area contributed by atoms with E-state index < -0.39 is 0 Å². The number of aryl methyl sites for hydroxylation is 1. The van der Waals surface area contributed by atoms with Crippen molar-refractivity contribution in [2.75, 3.05) is 13.1 Å². The van der Waals surface area contributed by atoms with E-state index >= 15 is 0 Å². The second-order valence-electron chi connectivity index (χ2n) is 7.83. The molecule has 0 spiro atoms. The lowest BCUT2D eigenvalue weighted by Crippen LogP contribution is -2.48. The molecule has 0 radical (unpaired) electrons. The molecule has 0 aromatic heterocycles. The van der Waals surface area contributed by atoms with Gasteiger partial charge in [-0.1, -0.05) is 45.4 Å². The van der Waals surface area contributed by atoms with Crippen LogP contribution in [0.4, 0.5) is 0 Å². The van der Waals surface area contributed by atoms with Crippen molar-refractivity contribution in [3.63, 3.8) is 0 Å². The molecule has 2 nitrogen and oxygen atoms in total. The summed E-state index contributed by atoms with van der Waals surface area (Å²) in [5.41, 5.74) is 8.86. The number of hydrogen-bond donors (Lipinski definition) is 2. The largest absolute Gasteiger partial charge is 0.313 e. The van der Waals surface area contributed by atoms with E-state index in [0.29, 0.717) is 12.1 Å². The highest BCUT2D eigenvalue weighted by atomic mass is 15.0. The van der Waals surface area contributed by atoms with Gasteiger partial charge in [-0.05, 0) is 55.5 Å². The predicted molar refractivity (Wildman–Crippen MR) is 102 cm³/mol. The van der Waals surface area contributed by atoms with Crippen LogP contribution in [0.3, 0.4) is 0 Å². The highest BCUT2D eigenvalue weighted by Gasteiger charge is 2.42. The quantitative estimate of drug-likeness (QED) is 0.816. The van der Waals surface area contributed by atoms with E-state index in [-0.39, 0.29) is 5.41 Å². The van der Waals surface area contributed by atoms with Crippen LogP contribution in [0, 0.1) is 13.8 Å². The maximum atomic E-state index is 3.70. The molecule has 0 saturated carbocycles. The highest BCUT2D eigenvalue weighted by Crippen LogP contribution is 2.47. The number of hydrogen-bond acceptors (Lipinski definition) is 2. The molecule has 0 heterocycles. The molecule has 0 atom stereocenters. The smallest absolute Gasteiger partial charge is 0.0420 e. The molecule has 1 aromatic carbocycles. The Morgan fingerprint density at radius 2 is 1.39 bits per heavy atom. The monoisotopic (exact) mass is 314 g/mol. The first-order valence-corrected chi connectivity index (χ1v) is 8.96. The summed E-state index contributed by atoms with van der Waals surface area (Å²) >= 11 is 0. The van der Waals surface area contributed by atoms with Gasteiger partial charge in [0.05, 0.1) is 0 Å². The van der Waals surface area contributed by atoms with Crippen LogP contribution in [-0.2, 0) is 5.41 Å². The molecular weight excluding hydrogens is 280 g/mol. The highest BCUT2D eigenvalue weighted by molar-refractivity contribution is 5.81. The fourth-order valence-electron chi connectivity index (χ4n) is 3.72. The topological polar surface area (TPSA) is 24.1 Å². The Morgan fingerprint density at radius 1 is 0.870 bits per heavy atom. The lowest BCUT2D eigenvalue weighted by atomic mass is 9.76. The van der Waals surface area contributed by atoms with Crippen LogP contribution in [0.5, 0.6) is 0 Å². The van der Waals surface area contributed by atoms with Gasteiger partial charge in [0.25, 0.3) is 0 Å². The minimum absolute atomic E-state index is 0.0619. The Morgan fingerprint density at radius 3 is 1.87 bits per heavy atom. The van der Waals surface area contributed by atoms with Crippen LogP contribution < -0.4 is 10.6 Å². The fraction of sp³-hybridized carbons (Fsp3) is 0.619. The van der Waals surface area contributed by atoms with E-state index in [1.165, 1.54) is 33.4 Å². The normalized spacial score (nSPS) is 16.6. The molecule has 2 rings (SSSR count). The minimum Gasteiger partial charge on any atom is -0.313 e. The molecule has 0 fully saturated rings. The summed E-state index contributed by atoms with van der Waals surface area (Å²) in [4.78, 5) is 0. The first-order chi connectivity index (χ1) is 10.7. The summed E-state index contributed by atoms with van der Waals surface area (Å²) in [7, 11) is 0. The Balaban J connectivity index is 2.56. The zero-order chi connectivity index (χ0) is 17.4. The molecule has 23 heavy (non-hydrogen) atoms. The summed E-state index contributed by atoms with van der Waals surface area (Å²) in [6.07, 6.45) is 0. The molecular formula is C21H34N2. The van der Waals surface area contributed by atoms with Gasteiger partial charge in [0.1, 0.15) is 0 Å². The lowest BCUT2D eigenvalue weighted by molar-refractivity contribution is 0.396. The first kappa shape index (κ1) is 18.2. The molecule has 0 saturated heterocycles. The van der Waals surface area contributed by atoms with Gasteiger partial charge in [0.2, 0.25) is 0 Å². The van der Waals surface area contributed by atoms with Crippen molar-refractivity contribution in [2.45, 2.75) is 72.9 Å². The lowest BCUT2D eigenvalue weighted by Gasteiger charge is -2.35. The summed E-state index contributed by atoms with van der Waals surface area (Å²) in [5.74, 6) is 0. The predicted octanol–water partition coefficient (Wildman–Crippen LogP) is 4.34. The standard InChI is InChI=1S/C21H34N2/c1-13(2)22-11-21(12-23-14(3)4)18(8)17(7)20-16(6)15(5)9-10-19(20)21/h9-10,13-14,22-23H,11-12H2,1-8H3. The summed E-state index contributed by atoms with van der Waals surface area (Å²) in [5, 5.41) is 7.41. The van der Waals surface area contributed by atoms with Crippen LogP contribution in [-0.4, -0.2) is 25.2 Å². The number of nitrogens with one attached hydrogen (secondary N) is 2. The van der Waals surface area contributed by atoms with Gasteiger partial charge in [-0.25, -0.2) is 0 Å². The van der Waals surface area contributed by atoms with Crippen molar-refractivity contribution < 1.29 is 0 Å². The Hall–Kier alpha value is -1.12. The third-order valence-corrected chi connectivity index (χ3v) is 5.53. The summed E-state index contributed by atoms with van der Waals surface area (Å²) < 4.78 is 0. The second-order valence-corrected chi connectivity index (χ2v) is 7.83. The van der Waals surface area contributed by atoms with E-state index in [0.717, 1.165) is 13.1 Å². The number of rotatable bonds is 6. The number of benzene rings is 1. The van der Waals surface area contributed by atoms with Crippen molar-refractivity contribution in [3.8, 4) is 0 Å². The zero-order valence-corrected chi connectivity index (χ0v) is 16.2. The number of fused-ring (bicyclic) bond motifs is 1. The molecule has 2 heteroatoms. The molecule has 0 amide bonds. The van der Waals surface area contributed by atoms with Crippen LogP contribution >= 0.6 is 0 Å². The molecule has 1 aliphatic rings. The maximum Gasteiger partial charge on any atom is 0.0420 e. The molecule has 128 valence electrons. The average molecular weight is 315 g/mol. The maximum absolute atomic E-state index is 3.70. The van der Waals surface area contributed by atoms with Gasteiger partial charge >= 0.3 is 0 Å². The minimum atomic E-state index is 0.0619. The molecule has 0 bridgehead atoms. The van der Waals surface area contributed by atoms with Gasteiger partial charge < -0.3 is 10.6 Å². The SMILES string of the molecule is CC1=C(C)C(CNC(C)C)(CNC(C)C)c2ccc(C)c(C)c21. The first-order valence-electron chi connectivity index (χ1n) is 8.96. The molecule has 1 aliphatic carbocycles. The van der Waals surface area contributed by atoms with Crippen LogP contribution in [0.1, 0.15) is 63.8 Å². The van der Waals surface area contributed by atoms with Crippen molar-refractivity contribution in [1.82, 2.24) is 10.6 Å². The Labute approximate surface area is 142 Å². The third-order valence-electron chi connectivity index (χ3n) is 5.53.